The molecule has 25 heavy (non-hydrogen) atoms. The number of hydrogen-bond acceptors (Lipinski definition) is 4. The third-order valence-electron chi connectivity index (χ3n) is 4.80. The molecule has 0 bridgehead atoms. The molecule has 1 aromatic carbocycles. The number of furan rings is 1. The van der Waals surface area contributed by atoms with Gasteiger partial charge in [-0.3, -0.25) is 0 Å². The Balaban J connectivity index is 1.88. The highest BCUT2D eigenvalue weighted by Gasteiger charge is 2.23. The maximum absolute atomic E-state index is 12.5. The number of anilines is 1. The van der Waals surface area contributed by atoms with Gasteiger partial charge in [-0.2, -0.15) is 0 Å². The first-order valence-electron chi connectivity index (χ1n) is 8.71. The van der Waals surface area contributed by atoms with Gasteiger partial charge in [0.1, 0.15) is 16.7 Å². The van der Waals surface area contributed by atoms with E-state index < -0.39 is 0 Å². The summed E-state index contributed by atoms with van der Waals surface area (Å²) in [6.45, 7) is 1.75. The summed E-state index contributed by atoms with van der Waals surface area (Å²) in [6.07, 6.45) is 5.95. The van der Waals surface area contributed by atoms with E-state index in [2.05, 4.69) is 5.32 Å². The second-order valence-corrected chi connectivity index (χ2v) is 7.11. The van der Waals surface area contributed by atoms with Crippen molar-refractivity contribution < 1.29 is 8.83 Å². The van der Waals surface area contributed by atoms with Gasteiger partial charge in [0.2, 0.25) is 5.88 Å². The van der Waals surface area contributed by atoms with Crippen LogP contribution >= 0.6 is 11.6 Å². The zero-order valence-electron chi connectivity index (χ0n) is 14.1. The number of rotatable bonds is 3. The van der Waals surface area contributed by atoms with Crippen molar-refractivity contribution in [2.75, 3.05) is 5.32 Å². The molecule has 1 aliphatic carbocycles. The molecule has 1 aliphatic rings. The maximum Gasteiger partial charge on any atom is 0.347 e. The van der Waals surface area contributed by atoms with Crippen LogP contribution in [0.5, 0.6) is 0 Å². The minimum atomic E-state index is -0.375. The molecule has 0 spiro atoms. The van der Waals surface area contributed by atoms with Crippen LogP contribution in [0.4, 0.5) is 5.88 Å². The number of hydrogen-bond donors (Lipinski definition) is 1. The summed E-state index contributed by atoms with van der Waals surface area (Å²) >= 11 is 6.02. The van der Waals surface area contributed by atoms with Gasteiger partial charge in [0, 0.05) is 17.1 Å². The summed E-state index contributed by atoms with van der Waals surface area (Å²) in [5.74, 6) is 1.18. The highest BCUT2D eigenvalue weighted by molar-refractivity contribution is 6.30. The highest BCUT2D eigenvalue weighted by atomic mass is 35.5. The Morgan fingerprint density at radius 3 is 2.52 bits per heavy atom. The summed E-state index contributed by atoms with van der Waals surface area (Å²) in [7, 11) is 0. The molecule has 0 atom stereocenters. The van der Waals surface area contributed by atoms with Crippen LogP contribution in [0.25, 0.3) is 22.1 Å². The van der Waals surface area contributed by atoms with E-state index in [0.717, 1.165) is 24.0 Å². The standard InChI is InChI=1S/C20H20ClNO3/c1-12-11-16-18(20(23)24-12)17(13-7-9-14(21)10-8-13)19(25-16)22-15-5-3-2-4-6-15/h7-11,15,22H,2-6H2,1H3. The van der Waals surface area contributed by atoms with Gasteiger partial charge < -0.3 is 14.2 Å². The average molecular weight is 358 g/mol. The molecular formula is C20H20ClNO3. The SMILES string of the molecule is Cc1cc2oc(NC3CCCCC3)c(-c3ccc(Cl)cc3)c2c(=O)o1. The average Bonchev–Trinajstić information content (AvgIpc) is 2.94. The third-order valence-corrected chi connectivity index (χ3v) is 5.05. The second-order valence-electron chi connectivity index (χ2n) is 6.68. The second kappa shape index (κ2) is 6.60. The third kappa shape index (κ3) is 3.19. The fraction of sp³-hybridized carbons (Fsp3) is 0.350. The van der Waals surface area contributed by atoms with E-state index in [0.29, 0.717) is 33.7 Å². The molecule has 3 aromatic rings. The van der Waals surface area contributed by atoms with Crippen molar-refractivity contribution >= 4 is 28.5 Å². The number of aryl methyl sites for hydroxylation is 1. The largest absolute Gasteiger partial charge is 0.440 e. The van der Waals surface area contributed by atoms with Crippen LogP contribution < -0.4 is 10.9 Å². The lowest BCUT2D eigenvalue weighted by Crippen LogP contribution is -2.22. The van der Waals surface area contributed by atoms with Crippen molar-refractivity contribution in [1.29, 1.82) is 0 Å². The predicted octanol–water partition coefficient (Wildman–Crippen LogP) is 5.76. The van der Waals surface area contributed by atoms with Gasteiger partial charge in [0.05, 0.1) is 5.56 Å². The molecule has 0 aliphatic heterocycles. The lowest BCUT2D eigenvalue weighted by molar-refractivity contribution is 0.453. The van der Waals surface area contributed by atoms with Crippen molar-refractivity contribution in [3.8, 4) is 11.1 Å². The Morgan fingerprint density at radius 2 is 1.80 bits per heavy atom. The number of fused-ring (bicyclic) bond motifs is 1. The first-order valence-corrected chi connectivity index (χ1v) is 9.09. The van der Waals surface area contributed by atoms with Crippen LogP contribution in [0.1, 0.15) is 37.9 Å². The molecule has 4 rings (SSSR count). The molecule has 1 saturated carbocycles. The summed E-state index contributed by atoms with van der Waals surface area (Å²) in [5.41, 5.74) is 1.82. The van der Waals surface area contributed by atoms with Crippen molar-refractivity contribution in [3.63, 3.8) is 0 Å². The summed E-state index contributed by atoms with van der Waals surface area (Å²) in [6, 6.07) is 9.57. The molecule has 1 N–H and O–H groups in total. The Labute approximate surface area is 150 Å². The van der Waals surface area contributed by atoms with Crippen LogP contribution in [-0.4, -0.2) is 6.04 Å². The minimum absolute atomic E-state index is 0.369. The molecule has 1 fully saturated rings. The fourth-order valence-corrected chi connectivity index (χ4v) is 3.72. The normalized spacial score (nSPS) is 15.6. The maximum atomic E-state index is 12.5. The van der Waals surface area contributed by atoms with E-state index in [-0.39, 0.29) is 5.63 Å². The highest BCUT2D eigenvalue weighted by Crippen LogP contribution is 2.38. The van der Waals surface area contributed by atoms with Crippen LogP contribution in [0.15, 0.2) is 44.0 Å². The molecule has 5 heteroatoms. The van der Waals surface area contributed by atoms with E-state index in [9.17, 15) is 4.79 Å². The molecule has 130 valence electrons. The van der Waals surface area contributed by atoms with Crippen LogP contribution in [0.3, 0.4) is 0 Å². The summed E-state index contributed by atoms with van der Waals surface area (Å²) < 4.78 is 11.4. The van der Waals surface area contributed by atoms with Crippen LogP contribution in [-0.2, 0) is 0 Å². The molecule has 2 heterocycles. The lowest BCUT2D eigenvalue weighted by Gasteiger charge is -2.23. The number of halogens is 1. The zero-order chi connectivity index (χ0) is 17.4. The van der Waals surface area contributed by atoms with Gasteiger partial charge in [-0.05, 0) is 37.5 Å². The molecule has 0 saturated heterocycles. The molecule has 0 unspecified atom stereocenters. The first kappa shape index (κ1) is 16.3. The van der Waals surface area contributed by atoms with Crippen molar-refractivity contribution in [2.45, 2.75) is 45.1 Å². The van der Waals surface area contributed by atoms with E-state index in [1.807, 2.05) is 24.3 Å². The quantitative estimate of drug-likeness (QED) is 0.647. The molecule has 0 amide bonds. The topological polar surface area (TPSA) is 55.4 Å². The Bertz CT molecular complexity index is 949. The number of nitrogens with one attached hydrogen (secondary N) is 1. The van der Waals surface area contributed by atoms with E-state index in [1.54, 1.807) is 13.0 Å². The van der Waals surface area contributed by atoms with Crippen molar-refractivity contribution in [3.05, 3.63) is 51.5 Å². The monoisotopic (exact) mass is 357 g/mol. The van der Waals surface area contributed by atoms with Gasteiger partial charge in [-0.1, -0.05) is 43.0 Å². The lowest BCUT2D eigenvalue weighted by atomic mass is 9.95. The summed E-state index contributed by atoms with van der Waals surface area (Å²) in [4.78, 5) is 12.5. The molecular weight excluding hydrogens is 338 g/mol. The Kier molecular flexibility index (Phi) is 4.30. The fourth-order valence-electron chi connectivity index (χ4n) is 3.59. The van der Waals surface area contributed by atoms with E-state index in [4.69, 9.17) is 20.4 Å². The Morgan fingerprint density at radius 1 is 1.08 bits per heavy atom. The van der Waals surface area contributed by atoms with Gasteiger partial charge in [0.15, 0.2) is 0 Å². The number of benzene rings is 1. The molecule has 2 aromatic heterocycles. The smallest absolute Gasteiger partial charge is 0.347 e. The van der Waals surface area contributed by atoms with Gasteiger partial charge in [-0.15, -0.1) is 0 Å². The molecule has 0 radical (unpaired) electrons. The van der Waals surface area contributed by atoms with Crippen LogP contribution in [0.2, 0.25) is 5.02 Å². The van der Waals surface area contributed by atoms with E-state index >= 15 is 0 Å². The van der Waals surface area contributed by atoms with Gasteiger partial charge >= 0.3 is 5.63 Å². The minimum Gasteiger partial charge on any atom is -0.440 e. The first-order chi connectivity index (χ1) is 12.1. The predicted molar refractivity (Wildman–Crippen MR) is 100 cm³/mol. The Hall–Kier alpha value is -2.20. The van der Waals surface area contributed by atoms with Crippen molar-refractivity contribution in [1.82, 2.24) is 0 Å². The van der Waals surface area contributed by atoms with Gasteiger partial charge in [0.25, 0.3) is 0 Å². The zero-order valence-corrected chi connectivity index (χ0v) is 14.9. The van der Waals surface area contributed by atoms with Gasteiger partial charge in [-0.25, -0.2) is 4.79 Å². The van der Waals surface area contributed by atoms with Crippen LogP contribution in [0, 0.1) is 6.92 Å². The van der Waals surface area contributed by atoms with E-state index in [1.165, 1.54) is 19.3 Å². The van der Waals surface area contributed by atoms with Crippen molar-refractivity contribution in [2.24, 2.45) is 0 Å². The summed E-state index contributed by atoms with van der Waals surface area (Å²) in [5, 5.41) is 4.65. The molecule has 4 nitrogen and oxygen atoms in total.